The summed E-state index contributed by atoms with van der Waals surface area (Å²) >= 11 is 0. The van der Waals surface area contributed by atoms with Crippen LogP contribution < -0.4 is 10.6 Å². The number of nitrogens with one attached hydrogen (secondary N) is 2. The predicted octanol–water partition coefficient (Wildman–Crippen LogP) is 4.52. The Balaban J connectivity index is 1.92. The normalized spacial score (nSPS) is 11.4. The highest BCUT2D eigenvalue weighted by Gasteiger charge is 2.25. The van der Waals surface area contributed by atoms with Gasteiger partial charge in [0.2, 0.25) is 21.7 Å². The summed E-state index contributed by atoms with van der Waals surface area (Å²) in [5, 5.41) is 17.8. The molecule has 2 N–H and O–H groups in total. The first-order valence-electron chi connectivity index (χ1n) is 10.4. The van der Waals surface area contributed by atoms with Crippen LogP contribution in [0.4, 0.5) is 28.7 Å². The fourth-order valence-corrected chi connectivity index (χ4v) is 4.77. The van der Waals surface area contributed by atoms with Gasteiger partial charge < -0.3 is 10.6 Å². The van der Waals surface area contributed by atoms with Gasteiger partial charge in [0, 0.05) is 24.5 Å². The van der Waals surface area contributed by atoms with Crippen molar-refractivity contribution in [3.05, 3.63) is 70.0 Å². The Morgan fingerprint density at radius 1 is 0.970 bits per heavy atom. The van der Waals surface area contributed by atoms with Gasteiger partial charge in [0.1, 0.15) is 6.33 Å². The maximum atomic E-state index is 12.7. The molecular weight excluding hydrogens is 444 g/mol. The summed E-state index contributed by atoms with van der Waals surface area (Å²) in [5.74, 6) is 0.0362. The maximum absolute atomic E-state index is 12.7. The highest BCUT2D eigenvalue weighted by Crippen LogP contribution is 2.34. The molecule has 0 aliphatic rings. The molecule has 3 aromatic rings. The number of hydrogen-bond donors (Lipinski definition) is 2. The lowest BCUT2D eigenvalue weighted by atomic mass is 10.1. The molecule has 0 aliphatic heterocycles. The third-order valence-electron chi connectivity index (χ3n) is 5.32. The predicted molar refractivity (Wildman–Crippen MR) is 128 cm³/mol. The minimum absolute atomic E-state index is 0.0119. The number of sulfonamides is 1. The van der Waals surface area contributed by atoms with Crippen molar-refractivity contribution in [1.29, 1.82) is 0 Å². The van der Waals surface area contributed by atoms with E-state index in [9.17, 15) is 18.5 Å². The molecule has 3 rings (SSSR count). The lowest BCUT2D eigenvalue weighted by Crippen LogP contribution is -2.30. The summed E-state index contributed by atoms with van der Waals surface area (Å²) in [5.41, 5.74) is 2.82. The Labute approximate surface area is 192 Å². The molecule has 0 unspecified atom stereocenters. The number of anilines is 4. The van der Waals surface area contributed by atoms with Crippen LogP contribution in [0.25, 0.3) is 0 Å². The first kappa shape index (κ1) is 24.1. The van der Waals surface area contributed by atoms with Gasteiger partial charge >= 0.3 is 5.69 Å². The number of aromatic nitrogens is 2. The molecule has 11 heteroatoms. The molecule has 0 spiro atoms. The van der Waals surface area contributed by atoms with Crippen molar-refractivity contribution < 1.29 is 13.3 Å². The van der Waals surface area contributed by atoms with Crippen LogP contribution in [0.5, 0.6) is 0 Å². The molecule has 0 saturated carbocycles. The molecule has 10 nitrogen and oxygen atoms in total. The van der Waals surface area contributed by atoms with E-state index in [-0.39, 0.29) is 22.2 Å². The highest BCUT2D eigenvalue weighted by molar-refractivity contribution is 7.89. The monoisotopic (exact) mass is 470 g/mol. The van der Waals surface area contributed by atoms with Gasteiger partial charge in [0.25, 0.3) is 0 Å². The number of nitro groups is 1. The summed E-state index contributed by atoms with van der Waals surface area (Å²) in [6.07, 6.45) is 1.22. The molecule has 0 fully saturated rings. The largest absolute Gasteiger partial charge is 0.353 e. The van der Waals surface area contributed by atoms with Crippen molar-refractivity contribution in [2.75, 3.05) is 23.7 Å². The standard InChI is InChI=1S/C22H26N6O4S/c1-5-27(6-2)33(31,32)18-12-10-17(11-13-18)25-21-20(28(29)30)22(24-14-23-21)26-19-9-7-8-15(3)16(19)4/h7-14H,5-6H2,1-4H3,(H2,23,24,25,26). The minimum Gasteiger partial charge on any atom is -0.334 e. The molecule has 0 aliphatic carbocycles. The van der Waals surface area contributed by atoms with Crippen molar-refractivity contribution in [2.24, 2.45) is 0 Å². The second kappa shape index (κ2) is 9.92. The van der Waals surface area contributed by atoms with Gasteiger partial charge in [-0.2, -0.15) is 4.31 Å². The zero-order valence-corrected chi connectivity index (χ0v) is 19.7. The van der Waals surface area contributed by atoms with Crippen LogP contribution in [0.2, 0.25) is 0 Å². The molecule has 0 atom stereocenters. The molecule has 0 amide bonds. The first-order chi connectivity index (χ1) is 15.7. The quantitative estimate of drug-likeness (QED) is 0.345. The van der Waals surface area contributed by atoms with Gasteiger partial charge in [-0.3, -0.25) is 10.1 Å². The molecule has 174 valence electrons. The SMILES string of the molecule is CCN(CC)S(=O)(=O)c1ccc(Nc2ncnc(Nc3cccc(C)c3C)c2[N+](=O)[O-])cc1. The Bertz CT molecular complexity index is 1260. The second-order valence-corrected chi connectivity index (χ2v) is 9.23. The van der Waals surface area contributed by atoms with Crippen molar-refractivity contribution in [1.82, 2.24) is 14.3 Å². The molecule has 33 heavy (non-hydrogen) atoms. The lowest BCUT2D eigenvalue weighted by Gasteiger charge is -2.18. The van der Waals surface area contributed by atoms with Gasteiger partial charge in [-0.05, 0) is 55.3 Å². The number of benzene rings is 2. The summed E-state index contributed by atoms with van der Waals surface area (Å²) in [4.78, 5) is 19.5. The van der Waals surface area contributed by atoms with E-state index in [0.717, 1.165) is 11.1 Å². The summed E-state index contributed by atoms with van der Waals surface area (Å²) in [6, 6.07) is 11.6. The smallest absolute Gasteiger partial charge is 0.334 e. The number of nitrogens with zero attached hydrogens (tertiary/aromatic N) is 4. The summed E-state index contributed by atoms with van der Waals surface area (Å²) < 4.78 is 26.7. The Morgan fingerprint density at radius 3 is 2.15 bits per heavy atom. The fourth-order valence-electron chi connectivity index (χ4n) is 3.31. The van der Waals surface area contributed by atoms with Crippen LogP contribution in [0, 0.1) is 24.0 Å². The first-order valence-corrected chi connectivity index (χ1v) is 11.8. The Kier molecular flexibility index (Phi) is 7.24. The average molecular weight is 471 g/mol. The second-order valence-electron chi connectivity index (χ2n) is 7.29. The van der Waals surface area contributed by atoms with Gasteiger partial charge in [-0.1, -0.05) is 26.0 Å². The van der Waals surface area contributed by atoms with E-state index >= 15 is 0 Å². The molecule has 2 aromatic carbocycles. The van der Waals surface area contributed by atoms with Crippen molar-refractivity contribution in [3.8, 4) is 0 Å². The van der Waals surface area contributed by atoms with Crippen LogP contribution in [0.3, 0.4) is 0 Å². The van der Waals surface area contributed by atoms with E-state index in [1.165, 1.54) is 22.8 Å². The average Bonchev–Trinajstić information content (AvgIpc) is 2.78. The van der Waals surface area contributed by atoms with E-state index < -0.39 is 14.9 Å². The van der Waals surface area contributed by atoms with Crippen molar-refractivity contribution >= 4 is 38.7 Å². The van der Waals surface area contributed by atoms with E-state index in [1.807, 2.05) is 32.0 Å². The van der Waals surface area contributed by atoms with Crippen LogP contribution in [-0.2, 0) is 10.0 Å². The van der Waals surface area contributed by atoms with Crippen LogP contribution in [0.15, 0.2) is 53.7 Å². The lowest BCUT2D eigenvalue weighted by molar-refractivity contribution is -0.383. The van der Waals surface area contributed by atoms with Gasteiger partial charge in [-0.25, -0.2) is 18.4 Å². The molecule has 0 saturated heterocycles. The third-order valence-corrected chi connectivity index (χ3v) is 7.39. The zero-order valence-electron chi connectivity index (χ0n) is 18.9. The van der Waals surface area contributed by atoms with Crippen LogP contribution in [-0.4, -0.2) is 40.7 Å². The molecule has 1 heterocycles. The molecule has 0 bridgehead atoms. The van der Waals surface area contributed by atoms with E-state index in [4.69, 9.17) is 0 Å². The number of hydrogen-bond acceptors (Lipinski definition) is 8. The minimum atomic E-state index is -3.60. The van der Waals surface area contributed by atoms with Gasteiger partial charge in [0.05, 0.1) is 9.82 Å². The van der Waals surface area contributed by atoms with Gasteiger partial charge in [0.15, 0.2) is 0 Å². The Hall–Kier alpha value is -3.57. The van der Waals surface area contributed by atoms with Crippen LogP contribution in [0.1, 0.15) is 25.0 Å². The molecule has 0 radical (unpaired) electrons. The van der Waals surface area contributed by atoms with Gasteiger partial charge in [-0.15, -0.1) is 0 Å². The molecular formula is C22H26N6O4S. The van der Waals surface area contributed by atoms with E-state index in [0.29, 0.717) is 24.5 Å². The summed E-state index contributed by atoms with van der Waals surface area (Å²) in [6.45, 7) is 8.14. The zero-order chi connectivity index (χ0) is 24.2. The van der Waals surface area contributed by atoms with Crippen molar-refractivity contribution in [2.45, 2.75) is 32.6 Å². The highest BCUT2D eigenvalue weighted by atomic mass is 32.2. The third kappa shape index (κ3) is 5.10. The Morgan fingerprint density at radius 2 is 1.58 bits per heavy atom. The number of rotatable bonds is 9. The summed E-state index contributed by atoms with van der Waals surface area (Å²) in [7, 11) is -3.60. The van der Waals surface area contributed by atoms with E-state index in [2.05, 4.69) is 20.6 Å². The molecule has 1 aromatic heterocycles. The maximum Gasteiger partial charge on any atom is 0.353 e. The fraction of sp³-hybridized carbons (Fsp3) is 0.273. The van der Waals surface area contributed by atoms with E-state index in [1.54, 1.807) is 26.0 Å². The number of aryl methyl sites for hydroxylation is 1. The van der Waals surface area contributed by atoms with Crippen molar-refractivity contribution in [3.63, 3.8) is 0 Å². The van der Waals surface area contributed by atoms with Crippen LogP contribution >= 0.6 is 0 Å². The topological polar surface area (TPSA) is 130 Å².